The van der Waals surface area contributed by atoms with E-state index in [4.69, 9.17) is 16.0 Å². The van der Waals surface area contributed by atoms with E-state index in [0.717, 1.165) is 23.0 Å². The predicted octanol–water partition coefficient (Wildman–Crippen LogP) is 3.46. The molecule has 0 bridgehead atoms. The highest BCUT2D eigenvalue weighted by Gasteiger charge is 2.05. The summed E-state index contributed by atoms with van der Waals surface area (Å²) in [6.45, 7) is 3.80. The van der Waals surface area contributed by atoms with Gasteiger partial charge in [0.1, 0.15) is 0 Å². The normalized spacial score (nSPS) is 10.8. The van der Waals surface area contributed by atoms with Crippen LogP contribution in [0.1, 0.15) is 5.56 Å². The van der Waals surface area contributed by atoms with Crippen LogP contribution in [0.3, 0.4) is 0 Å². The molecule has 0 atom stereocenters. The fourth-order valence-corrected chi connectivity index (χ4v) is 1.49. The second kappa shape index (κ2) is 2.83. The lowest BCUT2D eigenvalue weighted by Gasteiger charge is -1.92. The zero-order valence-corrected chi connectivity index (χ0v) is 7.27. The topological polar surface area (TPSA) is 13.1 Å². The molecular formula is C10H8ClO. The van der Waals surface area contributed by atoms with Gasteiger partial charge in [-0.2, -0.15) is 0 Å². The molecule has 0 saturated carbocycles. The summed E-state index contributed by atoms with van der Waals surface area (Å²) in [4.78, 5) is 0. The molecule has 0 aliphatic heterocycles. The largest absolute Gasteiger partial charge is 0.462 e. The Bertz CT molecular complexity index is 403. The third kappa shape index (κ3) is 1.01. The average Bonchev–Trinajstić information content (AvgIpc) is 2.49. The molecule has 0 spiro atoms. The van der Waals surface area contributed by atoms with Crippen molar-refractivity contribution in [3.05, 3.63) is 42.0 Å². The maximum Gasteiger partial charge on any atom is 0.152 e. The number of para-hydroxylation sites is 1. The van der Waals surface area contributed by atoms with Crippen LogP contribution < -0.4 is 0 Å². The van der Waals surface area contributed by atoms with E-state index in [1.54, 1.807) is 6.26 Å². The van der Waals surface area contributed by atoms with Gasteiger partial charge >= 0.3 is 0 Å². The summed E-state index contributed by atoms with van der Waals surface area (Å²) < 4.78 is 5.30. The van der Waals surface area contributed by atoms with Crippen molar-refractivity contribution in [1.29, 1.82) is 0 Å². The van der Waals surface area contributed by atoms with Crippen LogP contribution in [-0.2, 0) is 6.42 Å². The molecule has 1 radical (unpaired) electrons. The van der Waals surface area contributed by atoms with Gasteiger partial charge in [0, 0.05) is 5.39 Å². The van der Waals surface area contributed by atoms with Gasteiger partial charge in [-0.15, -0.1) is 0 Å². The molecule has 0 aliphatic carbocycles. The van der Waals surface area contributed by atoms with Crippen LogP contribution in [0.15, 0.2) is 28.9 Å². The van der Waals surface area contributed by atoms with Crippen molar-refractivity contribution in [3.63, 3.8) is 0 Å². The Morgan fingerprint density at radius 2 is 2.25 bits per heavy atom. The van der Waals surface area contributed by atoms with E-state index < -0.39 is 0 Å². The molecule has 0 N–H and O–H groups in total. The predicted molar refractivity (Wildman–Crippen MR) is 50.3 cm³/mol. The Balaban J connectivity index is 2.80. The smallest absolute Gasteiger partial charge is 0.152 e. The summed E-state index contributed by atoms with van der Waals surface area (Å²) in [5.41, 5.74) is 1.87. The summed E-state index contributed by atoms with van der Waals surface area (Å²) in [6, 6.07) is 5.73. The van der Waals surface area contributed by atoms with Crippen molar-refractivity contribution in [2.24, 2.45) is 0 Å². The van der Waals surface area contributed by atoms with Crippen molar-refractivity contribution < 1.29 is 4.42 Å². The van der Waals surface area contributed by atoms with Crippen LogP contribution in [0, 0.1) is 6.92 Å². The minimum absolute atomic E-state index is 0.659. The van der Waals surface area contributed by atoms with Crippen LogP contribution >= 0.6 is 11.6 Å². The van der Waals surface area contributed by atoms with E-state index in [2.05, 4.69) is 6.92 Å². The third-order valence-corrected chi connectivity index (χ3v) is 2.20. The molecule has 2 rings (SSSR count). The molecule has 0 unspecified atom stereocenters. The number of halogens is 1. The van der Waals surface area contributed by atoms with E-state index in [1.807, 2.05) is 18.2 Å². The molecule has 1 heterocycles. The minimum Gasteiger partial charge on any atom is -0.462 e. The van der Waals surface area contributed by atoms with E-state index in [0.29, 0.717) is 5.02 Å². The number of hydrogen-bond acceptors (Lipinski definition) is 1. The fourth-order valence-electron chi connectivity index (χ4n) is 1.27. The molecule has 61 valence electrons. The highest BCUT2D eigenvalue weighted by Crippen LogP contribution is 2.27. The fraction of sp³-hybridized carbons (Fsp3) is 0.100. The lowest BCUT2D eigenvalue weighted by atomic mass is 10.1. The Morgan fingerprint density at radius 1 is 1.42 bits per heavy atom. The molecule has 0 aliphatic rings. The van der Waals surface area contributed by atoms with Crippen LogP contribution in [0.25, 0.3) is 11.0 Å². The average molecular weight is 180 g/mol. The monoisotopic (exact) mass is 179 g/mol. The maximum absolute atomic E-state index is 5.91. The van der Waals surface area contributed by atoms with E-state index in [-0.39, 0.29) is 0 Å². The van der Waals surface area contributed by atoms with Crippen molar-refractivity contribution >= 4 is 22.6 Å². The van der Waals surface area contributed by atoms with Gasteiger partial charge < -0.3 is 4.42 Å². The molecule has 1 aromatic heterocycles. The number of rotatable bonds is 1. The van der Waals surface area contributed by atoms with Crippen molar-refractivity contribution in [1.82, 2.24) is 0 Å². The number of furan rings is 1. The first-order valence-electron chi connectivity index (χ1n) is 3.77. The molecule has 2 aromatic rings. The number of fused-ring (bicyclic) bond motifs is 1. The van der Waals surface area contributed by atoms with Gasteiger partial charge in [-0.1, -0.05) is 23.7 Å². The van der Waals surface area contributed by atoms with Gasteiger partial charge in [0.15, 0.2) is 5.58 Å². The molecule has 1 nitrogen and oxygen atoms in total. The van der Waals surface area contributed by atoms with Crippen LogP contribution in [0.5, 0.6) is 0 Å². The summed E-state index contributed by atoms with van der Waals surface area (Å²) in [7, 11) is 0. The van der Waals surface area contributed by atoms with Crippen molar-refractivity contribution in [2.45, 2.75) is 6.42 Å². The van der Waals surface area contributed by atoms with Crippen molar-refractivity contribution in [2.75, 3.05) is 0 Å². The standard InChI is InChI=1S/C10H8ClO/c1-2-7-6-12-10-8(7)4-3-5-9(10)11/h3-6H,1-2H2. The lowest BCUT2D eigenvalue weighted by Crippen LogP contribution is -1.74. The molecule has 0 fully saturated rings. The summed E-state index contributed by atoms with van der Waals surface area (Å²) in [5.74, 6) is 0. The van der Waals surface area contributed by atoms with Crippen LogP contribution in [-0.4, -0.2) is 0 Å². The first-order chi connectivity index (χ1) is 5.83. The second-order valence-electron chi connectivity index (χ2n) is 2.63. The van der Waals surface area contributed by atoms with E-state index >= 15 is 0 Å². The highest BCUT2D eigenvalue weighted by molar-refractivity contribution is 6.34. The maximum atomic E-state index is 5.91. The summed E-state index contributed by atoms with van der Waals surface area (Å²) >= 11 is 5.91. The third-order valence-electron chi connectivity index (χ3n) is 1.90. The molecule has 0 saturated heterocycles. The van der Waals surface area contributed by atoms with Gasteiger partial charge in [0.05, 0.1) is 11.3 Å². The Kier molecular flexibility index (Phi) is 1.81. The Morgan fingerprint density at radius 3 is 3.00 bits per heavy atom. The highest BCUT2D eigenvalue weighted by atomic mass is 35.5. The first-order valence-corrected chi connectivity index (χ1v) is 4.14. The summed E-state index contributed by atoms with van der Waals surface area (Å²) in [5, 5.41) is 1.73. The van der Waals surface area contributed by atoms with E-state index in [9.17, 15) is 0 Å². The van der Waals surface area contributed by atoms with Gasteiger partial charge in [-0.3, -0.25) is 0 Å². The Labute approximate surface area is 75.9 Å². The zero-order chi connectivity index (χ0) is 8.55. The first kappa shape index (κ1) is 7.69. The van der Waals surface area contributed by atoms with Gasteiger partial charge in [0.25, 0.3) is 0 Å². The van der Waals surface area contributed by atoms with Crippen LogP contribution in [0.2, 0.25) is 5.02 Å². The molecule has 12 heavy (non-hydrogen) atoms. The number of hydrogen-bond donors (Lipinski definition) is 0. The van der Waals surface area contributed by atoms with E-state index in [1.165, 1.54) is 0 Å². The quantitative estimate of drug-likeness (QED) is 0.654. The molecule has 2 heteroatoms. The summed E-state index contributed by atoms with van der Waals surface area (Å²) in [6.07, 6.45) is 2.44. The molecule has 1 aromatic carbocycles. The van der Waals surface area contributed by atoms with Crippen molar-refractivity contribution in [3.8, 4) is 0 Å². The SMILES string of the molecule is [CH2]Cc1coc2c(Cl)cccc12. The van der Waals surface area contributed by atoms with Crippen LogP contribution in [0.4, 0.5) is 0 Å². The second-order valence-corrected chi connectivity index (χ2v) is 3.03. The Hall–Kier alpha value is -0.950. The minimum atomic E-state index is 0.659. The molecule has 0 amide bonds. The van der Waals surface area contributed by atoms with Gasteiger partial charge in [-0.05, 0) is 25.0 Å². The van der Waals surface area contributed by atoms with Gasteiger partial charge in [-0.25, -0.2) is 0 Å². The zero-order valence-electron chi connectivity index (χ0n) is 6.51. The van der Waals surface area contributed by atoms with Gasteiger partial charge in [0.2, 0.25) is 0 Å². The lowest BCUT2D eigenvalue weighted by molar-refractivity contribution is 0.612. The number of benzene rings is 1. The molecular weight excluding hydrogens is 172 g/mol.